The van der Waals surface area contributed by atoms with Gasteiger partial charge in [0.25, 0.3) is 0 Å². The summed E-state index contributed by atoms with van der Waals surface area (Å²) in [4.78, 5) is 23.4. The number of nitrogens with two attached hydrogens (primary N) is 1. The van der Waals surface area contributed by atoms with Gasteiger partial charge in [-0.05, 0) is 49.9 Å². The van der Waals surface area contributed by atoms with Crippen LogP contribution in [0.5, 0.6) is 0 Å². The number of likely N-dealkylation sites (N-methyl/N-ethyl adjacent to an activating group) is 1. The van der Waals surface area contributed by atoms with Gasteiger partial charge in [0.2, 0.25) is 21.8 Å². The molecule has 0 saturated heterocycles. The summed E-state index contributed by atoms with van der Waals surface area (Å²) < 4.78 is 26.2. The Morgan fingerprint density at radius 2 is 1.81 bits per heavy atom. The summed E-state index contributed by atoms with van der Waals surface area (Å²) in [5, 5.41) is 5.44. The molecule has 1 aromatic rings. The van der Waals surface area contributed by atoms with Crippen molar-refractivity contribution in [2.24, 2.45) is 11.7 Å². The van der Waals surface area contributed by atoms with E-state index in [-0.39, 0.29) is 35.7 Å². The highest BCUT2D eigenvalue weighted by Gasteiger charge is 2.41. The van der Waals surface area contributed by atoms with E-state index >= 15 is 0 Å². The van der Waals surface area contributed by atoms with Crippen molar-refractivity contribution >= 4 is 39.9 Å². The molecule has 0 bridgehead atoms. The van der Waals surface area contributed by atoms with Gasteiger partial charge < -0.3 is 16.4 Å². The van der Waals surface area contributed by atoms with E-state index in [1.54, 1.807) is 0 Å². The molecule has 1 aliphatic carbocycles. The predicted octanol–water partition coefficient (Wildman–Crippen LogP) is 0.931. The SMILES string of the molecule is CC(=O)Nc1ccc(S(=O)(=O)N(C)CC(=O)NC(C)(CN)C2CC2)cc1.Cl. The summed E-state index contributed by atoms with van der Waals surface area (Å²) in [7, 11) is -2.46. The molecule has 0 spiro atoms. The minimum atomic E-state index is -3.82. The van der Waals surface area contributed by atoms with Gasteiger partial charge in [-0.3, -0.25) is 9.59 Å². The van der Waals surface area contributed by atoms with Gasteiger partial charge in [0, 0.05) is 26.2 Å². The zero-order chi connectivity index (χ0) is 19.5. The minimum absolute atomic E-state index is 0. The summed E-state index contributed by atoms with van der Waals surface area (Å²) in [5.74, 6) is -0.279. The fraction of sp³-hybridized carbons (Fsp3) is 0.529. The molecule has 0 aliphatic heterocycles. The number of anilines is 1. The molecule has 0 heterocycles. The highest BCUT2D eigenvalue weighted by Crippen LogP contribution is 2.38. The van der Waals surface area contributed by atoms with Crippen molar-refractivity contribution in [3.05, 3.63) is 24.3 Å². The summed E-state index contributed by atoms with van der Waals surface area (Å²) >= 11 is 0. The van der Waals surface area contributed by atoms with E-state index in [1.807, 2.05) is 6.92 Å². The molecule has 1 unspecified atom stereocenters. The van der Waals surface area contributed by atoms with E-state index in [0.29, 0.717) is 18.2 Å². The van der Waals surface area contributed by atoms with E-state index in [4.69, 9.17) is 5.73 Å². The summed E-state index contributed by atoms with van der Waals surface area (Å²) in [6.45, 7) is 3.27. The second-order valence-electron chi connectivity index (χ2n) is 6.91. The number of nitrogens with zero attached hydrogens (tertiary/aromatic N) is 1. The quantitative estimate of drug-likeness (QED) is 0.579. The lowest BCUT2D eigenvalue weighted by Gasteiger charge is -2.30. The maximum Gasteiger partial charge on any atom is 0.243 e. The summed E-state index contributed by atoms with van der Waals surface area (Å²) in [5.41, 5.74) is 5.78. The molecule has 1 aliphatic rings. The number of carbonyl (C=O) groups is 2. The van der Waals surface area contributed by atoms with Crippen molar-refractivity contribution in [1.29, 1.82) is 0 Å². The van der Waals surface area contributed by atoms with Crippen LogP contribution in [0.1, 0.15) is 26.7 Å². The van der Waals surface area contributed by atoms with Crippen molar-refractivity contribution in [2.75, 3.05) is 25.5 Å². The Labute approximate surface area is 166 Å². The van der Waals surface area contributed by atoms with E-state index in [0.717, 1.165) is 17.1 Å². The molecule has 1 fully saturated rings. The standard InChI is InChI=1S/C17H26N4O4S.ClH/c1-12(22)19-14-6-8-15(9-7-14)26(24,25)21(3)10-16(23)20-17(2,11-18)13-4-5-13;/h6-9,13H,4-5,10-11,18H2,1-3H3,(H,19,22)(H,20,23);1H. The third-order valence-corrected chi connectivity index (χ3v) is 6.39. The van der Waals surface area contributed by atoms with Gasteiger partial charge >= 0.3 is 0 Å². The number of carbonyl (C=O) groups excluding carboxylic acids is 2. The average Bonchev–Trinajstić information content (AvgIpc) is 3.39. The second kappa shape index (κ2) is 9.01. The number of hydrogen-bond donors (Lipinski definition) is 3. The van der Waals surface area contributed by atoms with Gasteiger partial charge in [-0.15, -0.1) is 12.4 Å². The Morgan fingerprint density at radius 3 is 2.26 bits per heavy atom. The van der Waals surface area contributed by atoms with E-state index in [1.165, 1.54) is 38.2 Å². The zero-order valence-electron chi connectivity index (χ0n) is 15.7. The Balaban J connectivity index is 0.00000364. The topological polar surface area (TPSA) is 122 Å². The monoisotopic (exact) mass is 418 g/mol. The predicted molar refractivity (Wildman–Crippen MR) is 106 cm³/mol. The first-order chi connectivity index (χ1) is 12.1. The Morgan fingerprint density at radius 1 is 1.26 bits per heavy atom. The minimum Gasteiger partial charge on any atom is -0.348 e. The summed E-state index contributed by atoms with van der Waals surface area (Å²) in [6, 6.07) is 5.79. The average molecular weight is 419 g/mol. The fourth-order valence-corrected chi connectivity index (χ4v) is 3.91. The van der Waals surface area contributed by atoms with E-state index in [9.17, 15) is 18.0 Å². The van der Waals surface area contributed by atoms with Crippen molar-refractivity contribution in [3.8, 4) is 0 Å². The molecule has 27 heavy (non-hydrogen) atoms. The third-order valence-electron chi connectivity index (χ3n) is 4.58. The van der Waals surface area contributed by atoms with Crippen LogP contribution in [0.3, 0.4) is 0 Å². The number of hydrogen-bond acceptors (Lipinski definition) is 5. The molecule has 2 rings (SSSR count). The number of sulfonamides is 1. The third kappa shape index (κ3) is 5.90. The fourth-order valence-electron chi connectivity index (χ4n) is 2.78. The van der Waals surface area contributed by atoms with E-state index in [2.05, 4.69) is 10.6 Å². The van der Waals surface area contributed by atoms with Crippen LogP contribution in [0.25, 0.3) is 0 Å². The second-order valence-corrected chi connectivity index (χ2v) is 8.96. The lowest BCUT2D eigenvalue weighted by atomic mass is 9.96. The van der Waals surface area contributed by atoms with Gasteiger partial charge in [-0.1, -0.05) is 0 Å². The molecule has 152 valence electrons. The molecule has 1 aromatic carbocycles. The Bertz CT molecular complexity index is 781. The number of rotatable bonds is 8. The van der Waals surface area contributed by atoms with Gasteiger partial charge in [-0.2, -0.15) is 4.31 Å². The Hall–Kier alpha value is -1.68. The van der Waals surface area contributed by atoms with Gasteiger partial charge in [0.15, 0.2) is 0 Å². The summed E-state index contributed by atoms with van der Waals surface area (Å²) in [6.07, 6.45) is 2.03. The maximum atomic E-state index is 12.6. The molecule has 0 radical (unpaired) electrons. The molecule has 0 aromatic heterocycles. The van der Waals surface area contributed by atoms with Crippen molar-refractivity contribution in [3.63, 3.8) is 0 Å². The number of benzene rings is 1. The maximum absolute atomic E-state index is 12.6. The van der Waals surface area contributed by atoms with Crippen LogP contribution in [0.4, 0.5) is 5.69 Å². The van der Waals surface area contributed by atoms with Crippen LogP contribution in [-0.4, -0.2) is 50.2 Å². The normalized spacial score (nSPS) is 16.2. The largest absolute Gasteiger partial charge is 0.348 e. The first-order valence-electron chi connectivity index (χ1n) is 8.43. The first kappa shape index (κ1) is 23.4. The molecule has 8 nitrogen and oxygen atoms in total. The van der Waals surface area contributed by atoms with Crippen LogP contribution in [0.15, 0.2) is 29.2 Å². The highest BCUT2D eigenvalue weighted by atomic mass is 35.5. The van der Waals surface area contributed by atoms with Gasteiger partial charge in [-0.25, -0.2) is 8.42 Å². The van der Waals surface area contributed by atoms with Gasteiger partial charge in [0.1, 0.15) is 0 Å². The molecule has 2 amide bonds. The van der Waals surface area contributed by atoms with Crippen LogP contribution in [0.2, 0.25) is 0 Å². The van der Waals surface area contributed by atoms with Crippen LogP contribution < -0.4 is 16.4 Å². The number of nitrogens with one attached hydrogen (secondary N) is 2. The lowest BCUT2D eigenvalue weighted by Crippen LogP contribution is -2.55. The van der Waals surface area contributed by atoms with Gasteiger partial charge in [0.05, 0.1) is 17.0 Å². The van der Waals surface area contributed by atoms with Crippen LogP contribution in [-0.2, 0) is 19.6 Å². The highest BCUT2D eigenvalue weighted by molar-refractivity contribution is 7.89. The van der Waals surface area contributed by atoms with Crippen LogP contribution in [0, 0.1) is 5.92 Å². The van der Waals surface area contributed by atoms with Crippen molar-refractivity contribution < 1.29 is 18.0 Å². The lowest BCUT2D eigenvalue weighted by molar-refractivity contribution is -0.123. The number of halogens is 1. The number of amides is 2. The van der Waals surface area contributed by atoms with Crippen molar-refractivity contribution in [2.45, 2.75) is 37.1 Å². The Kier molecular flexibility index (Phi) is 7.79. The smallest absolute Gasteiger partial charge is 0.243 e. The molecular weight excluding hydrogens is 392 g/mol. The van der Waals surface area contributed by atoms with E-state index < -0.39 is 15.6 Å². The molecule has 4 N–H and O–H groups in total. The van der Waals surface area contributed by atoms with Crippen LogP contribution >= 0.6 is 12.4 Å². The molecule has 1 atom stereocenters. The van der Waals surface area contributed by atoms with Crippen molar-refractivity contribution in [1.82, 2.24) is 9.62 Å². The molecular formula is C17H27ClN4O4S. The molecule has 10 heteroatoms. The first-order valence-corrected chi connectivity index (χ1v) is 9.87. The zero-order valence-corrected chi connectivity index (χ0v) is 17.3. The molecule has 1 saturated carbocycles.